The summed E-state index contributed by atoms with van der Waals surface area (Å²) in [7, 11) is 0. The molecule has 0 spiro atoms. The summed E-state index contributed by atoms with van der Waals surface area (Å²) in [6, 6.07) is 7.81. The third kappa shape index (κ3) is 4.43. The molecule has 0 atom stereocenters. The molecule has 1 aliphatic carbocycles. The summed E-state index contributed by atoms with van der Waals surface area (Å²) in [6.45, 7) is 6.35. The first-order valence-electron chi connectivity index (χ1n) is 9.31. The largest absolute Gasteiger partial charge is 0.484 e. The predicted molar refractivity (Wildman–Crippen MR) is 103 cm³/mol. The fourth-order valence-electron chi connectivity index (χ4n) is 3.25. The smallest absolute Gasteiger partial charge is 0.260 e. The van der Waals surface area contributed by atoms with Gasteiger partial charge in [0.2, 0.25) is 0 Å². The Morgan fingerprint density at radius 2 is 2.08 bits per heavy atom. The van der Waals surface area contributed by atoms with Gasteiger partial charge >= 0.3 is 0 Å². The highest BCUT2D eigenvalue weighted by atomic mass is 32.1. The molecule has 1 amide bonds. The van der Waals surface area contributed by atoms with Crippen molar-refractivity contribution in [3.8, 4) is 5.75 Å². The molecule has 1 aromatic carbocycles. The number of thiazole rings is 1. The molecule has 5 nitrogen and oxygen atoms in total. The number of aryl methyl sites for hydroxylation is 1. The maximum absolute atomic E-state index is 12.4. The molecule has 1 aromatic heterocycles. The van der Waals surface area contributed by atoms with Gasteiger partial charge in [-0.15, -0.1) is 11.3 Å². The van der Waals surface area contributed by atoms with E-state index in [1.165, 1.54) is 23.5 Å². The van der Waals surface area contributed by atoms with Crippen LogP contribution in [0.25, 0.3) is 0 Å². The van der Waals surface area contributed by atoms with Crippen molar-refractivity contribution < 1.29 is 9.53 Å². The highest BCUT2D eigenvalue weighted by molar-refractivity contribution is 7.09. The minimum Gasteiger partial charge on any atom is -0.484 e. The van der Waals surface area contributed by atoms with Gasteiger partial charge in [-0.3, -0.25) is 9.69 Å². The van der Waals surface area contributed by atoms with Gasteiger partial charge in [0.05, 0.1) is 12.2 Å². The highest BCUT2D eigenvalue weighted by Gasteiger charge is 2.27. The van der Waals surface area contributed by atoms with E-state index in [1.807, 2.05) is 36.1 Å². The van der Waals surface area contributed by atoms with Crippen molar-refractivity contribution in [1.29, 1.82) is 0 Å². The molecule has 1 saturated heterocycles. The topological polar surface area (TPSA) is 45.7 Å². The van der Waals surface area contributed by atoms with Gasteiger partial charge in [-0.05, 0) is 37.5 Å². The standard InChI is InChI=1S/C20H25N3O2S/c1-15-3-2-4-17(11-15)25-13-20(24)23-9-7-22(8-10-23)12-19-21-18(14-26-19)16-5-6-16/h2-4,11,14,16H,5-10,12-13H2,1H3. The minimum absolute atomic E-state index is 0.0661. The minimum atomic E-state index is 0.0661. The molecule has 0 bridgehead atoms. The second kappa shape index (κ2) is 7.76. The summed E-state index contributed by atoms with van der Waals surface area (Å²) in [4.78, 5) is 21.4. The molecule has 2 fully saturated rings. The van der Waals surface area contributed by atoms with Crippen LogP contribution < -0.4 is 4.74 Å². The van der Waals surface area contributed by atoms with E-state index in [4.69, 9.17) is 9.72 Å². The number of carbonyl (C=O) groups excluding carboxylic acids is 1. The molecular formula is C20H25N3O2S. The maximum Gasteiger partial charge on any atom is 0.260 e. The first kappa shape index (κ1) is 17.5. The number of benzene rings is 1. The fourth-order valence-corrected chi connectivity index (χ4v) is 4.17. The van der Waals surface area contributed by atoms with Gasteiger partial charge in [-0.25, -0.2) is 4.98 Å². The van der Waals surface area contributed by atoms with Gasteiger partial charge in [-0.1, -0.05) is 12.1 Å². The zero-order valence-electron chi connectivity index (χ0n) is 15.2. The van der Waals surface area contributed by atoms with Gasteiger partial charge in [0.1, 0.15) is 10.8 Å². The summed E-state index contributed by atoms with van der Waals surface area (Å²) < 4.78 is 5.64. The second-order valence-electron chi connectivity index (χ2n) is 7.20. The number of rotatable bonds is 6. The number of piperazine rings is 1. The van der Waals surface area contributed by atoms with E-state index >= 15 is 0 Å². The summed E-state index contributed by atoms with van der Waals surface area (Å²) in [5.74, 6) is 1.55. The van der Waals surface area contributed by atoms with Crippen LogP contribution >= 0.6 is 11.3 Å². The van der Waals surface area contributed by atoms with Crippen molar-refractivity contribution in [3.63, 3.8) is 0 Å². The summed E-state index contributed by atoms with van der Waals surface area (Å²) >= 11 is 1.77. The lowest BCUT2D eigenvalue weighted by Gasteiger charge is -2.34. The van der Waals surface area contributed by atoms with Crippen molar-refractivity contribution in [2.75, 3.05) is 32.8 Å². The summed E-state index contributed by atoms with van der Waals surface area (Å²) in [5.41, 5.74) is 2.42. The van der Waals surface area contributed by atoms with Gasteiger partial charge in [-0.2, -0.15) is 0 Å². The van der Waals surface area contributed by atoms with E-state index < -0.39 is 0 Å². The quantitative estimate of drug-likeness (QED) is 0.783. The maximum atomic E-state index is 12.4. The molecule has 26 heavy (non-hydrogen) atoms. The van der Waals surface area contributed by atoms with Gasteiger partial charge in [0.15, 0.2) is 6.61 Å². The van der Waals surface area contributed by atoms with E-state index in [9.17, 15) is 4.79 Å². The molecule has 138 valence electrons. The molecule has 0 radical (unpaired) electrons. The zero-order chi connectivity index (χ0) is 17.9. The van der Waals surface area contributed by atoms with Crippen LogP contribution in [-0.4, -0.2) is 53.5 Å². The monoisotopic (exact) mass is 371 g/mol. The van der Waals surface area contributed by atoms with Gasteiger partial charge < -0.3 is 9.64 Å². The Bertz CT molecular complexity index is 764. The molecule has 2 aromatic rings. The predicted octanol–water partition coefficient (Wildman–Crippen LogP) is 3.05. The van der Waals surface area contributed by atoms with Crippen molar-refractivity contribution in [2.45, 2.75) is 32.2 Å². The Morgan fingerprint density at radius 1 is 1.27 bits per heavy atom. The summed E-state index contributed by atoms with van der Waals surface area (Å²) in [5, 5.41) is 3.42. The van der Waals surface area contributed by atoms with Crippen molar-refractivity contribution >= 4 is 17.2 Å². The number of hydrogen-bond acceptors (Lipinski definition) is 5. The molecular weight excluding hydrogens is 346 g/mol. The second-order valence-corrected chi connectivity index (χ2v) is 8.15. The van der Waals surface area contributed by atoms with Crippen LogP contribution in [0, 0.1) is 6.92 Å². The third-order valence-corrected chi connectivity index (χ3v) is 5.85. The molecule has 4 rings (SSSR count). The number of amides is 1. The molecule has 1 saturated carbocycles. The molecule has 0 N–H and O–H groups in total. The summed E-state index contributed by atoms with van der Waals surface area (Å²) in [6.07, 6.45) is 2.60. The van der Waals surface area contributed by atoms with Crippen LogP contribution in [0.4, 0.5) is 0 Å². The van der Waals surface area contributed by atoms with E-state index in [0.29, 0.717) is 0 Å². The number of hydrogen-bond donors (Lipinski definition) is 0. The Balaban J connectivity index is 1.21. The molecule has 1 aliphatic heterocycles. The fraction of sp³-hybridized carbons (Fsp3) is 0.500. The van der Waals surface area contributed by atoms with Crippen molar-refractivity contribution in [2.24, 2.45) is 0 Å². The normalized spacial score (nSPS) is 18.1. The first-order chi connectivity index (χ1) is 12.7. The van der Waals surface area contributed by atoms with Crippen LogP contribution in [0.15, 0.2) is 29.6 Å². The number of carbonyl (C=O) groups is 1. The number of ether oxygens (including phenoxy) is 1. The number of nitrogens with zero attached hydrogens (tertiary/aromatic N) is 3. The average Bonchev–Trinajstić information content (AvgIpc) is 3.40. The molecule has 6 heteroatoms. The molecule has 0 unspecified atom stereocenters. The van der Waals surface area contributed by atoms with E-state index in [-0.39, 0.29) is 12.5 Å². The molecule has 2 aliphatic rings. The van der Waals surface area contributed by atoms with Crippen molar-refractivity contribution in [1.82, 2.24) is 14.8 Å². The van der Waals surface area contributed by atoms with E-state index in [2.05, 4.69) is 10.3 Å². The lowest BCUT2D eigenvalue weighted by molar-refractivity contribution is -0.135. The zero-order valence-corrected chi connectivity index (χ0v) is 16.0. The van der Waals surface area contributed by atoms with Crippen LogP contribution in [-0.2, 0) is 11.3 Å². The van der Waals surface area contributed by atoms with E-state index in [0.717, 1.165) is 50.0 Å². The van der Waals surface area contributed by atoms with Crippen LogP contribution in [0.5, 0.6) is 5.75 Å². The van der Waals surface area contributed by atoms with Crippen molar-refractivity contribution in [3.05, 3.63) is 45.9 Å². The Kier molecular flexibility index (Phi) is 5.22. The Labute approximate surface area is 158 Å². The highest BCUT2D eigenvalue weighted by Crippen LogP contribution is 2.40. The van der Waals surface area contributed by atoms with E-state index in [1.54, 1.807) is 11.3 Å². The SMILES string of the molecule is Cc1cccc(OCC(=O)N2CCN(Cc3nc(C4CC4)cs3)CC2)c1. The van der Waals surface area contributed by atoms with Crippen LogP contribution in [0.2, 0.25) is 0 Å². The van der Waals surface area contributed by atoms with Crippen LogP contribution in [0.1, 0.15) is 35.0 Å². The van der Waals surface area contributed by atoms with Gasteiger partial charge in [0.25, 0.3) is 5.91 Å². The lowest BCUT2D eigenvalue weighted by atomic mass is 10.2. The average molecular weight is 372 g/mol. The lowest BCUT2D eigenvalue weighted by Crippen LogP contribution is -2.49. The van der Waals surface area contributed by atoms with Gasteiger partial charge in [0, 0.05) is 37.5 Å². The first-order valence-corrected chi connectivity index (χ1v) is 10.2. The number of aromatic nitrogens is 1. The third-order valence-electron chi connectivity index (χ3n) is 5.00. The van der Waals surface area contributed by atoms with Crippen LogP contribution in [0.3, 0.4) is 0 Å². The Morgan fingerprint density at radius 3 is 2.81 bits per heavy atom. The Hall–Kier alpha value is -1.92. The molecule has 2 heterocycles.